The van der Waals surface area contributed by atoms with Crippen LogP contribution < -0.4 is 14.8 Å². The molecule has 3 rings (SSSR count). The van der Waals surface area contributed by atoms with Gasteiger partial charge in [-0.3, -0.25) is 4.99 Å². The molecular weight excluding hydrogens is 344 g/mol. The monoisotopic (exact) mass is 372 g/mol. The Hall–Kier alpha value is -2.70. The van der Waals surface area contributed by atoms with Crippen LogP contribution in [0, 0.1) is 0 Å². The van der Waals surface area contributed by atoms with Gasteiger partial charge in [0.15, 0.2) is 23.2 Å². The van der Waals surface area contributed by atoms with Crippen LogP contribution in [-0.4, -0.2) is 43.8 Å². The van der Waals surface area contributed by atoms with Crippen LogP contribution >= 0.6 is 0 Å². The molecule has 0 bridgehead atoms. The van der Waals surface area contributed by atoms with E-state index in [-0.39, 0.29) is 0 Å². The van der Waals surface area contributed by atoms with Crippen LogP contribution in [0.5, 0.6) is 11.5 Å². The van der Waals surface area contributed by atoms with Gasteiger partial charge in [-0.05, 0) is 35.6 Å². The van der Waals surface area contributed by atoms with Crippen molar-refractivity contribution in [2.24, 2.45) is 4.99 Å². The highest BCUT2D eigenvalue weighted by atomic mass is 16.5. The van der Waals surface area contributed by atoms with Gasteiger partial charge in [0.05, 0.1) is 26.5 Å². The fourth-order valence-corrected chi connectivity index (χ4v) is 3.25. The molecule has 7 heteroatoms. The number of ether oxygens (including phenoxy) is 2. The molecule has 0 saturated heterocycles. The van der Waals surface area contributed by atoms with E-state index >= 15 is 0 Å². The average Bonchev–Trinajstić information content (AvgIpc) is 3.16. The Bertz CT molecular complexity index is 814. The molecule has 1 N–H and O–H groups in total. The van der Waals surface area contributed by atoms with E-state index in [0.29, 0.717) is 12.5 Å². The topological polar surface area (TPSA) is 72.1 Å². The Balaban J connectivity index is 1.68. The van der Waals surface area contributed by atoms with Gasteiger partial charge in [-0.1, -0.05) is 19.0 Å². The quantitative estimate of drug-likeness (QED) is 0.643. The van der Waals surface area contributed by atoms with E-state index in [0.717, 1.165) is 48.4 Å². The maximum Gasteiger partial charge on any atom is 0.194 e. The molecule has 2 aromatic rings. The number of guanidine groups is 1. The molecule has 0 saturated carbocycles. The van der Waals surface area contributed by atoms with Gasteiger partial charge in [0.1, 0.15) is 0 Å². The zero-order chi connectivity index (χ0) is 19.4. The highest BCUT2D eigenvalue weighted by Crippen LogP contribution is 2.33. The lowest BCUT2D eigenvalue weighted by molar-refractivity contribution is 0.343. The molecule has 0 atom stereocenters. The van der Waals surface area contributed by atoms with Crippen LogP contribution in [0.1, 0.15) is 42.3 Å². The van der Waals surface area contributed by atoms with Crippen molar-refractivity contribution in [2.75, 3.05) is 27.8 Å². The molecule has 0 amide bonds. The molecule has 2 heterocycles. The highest BCUT2D eigenvalue weighted by molar-refractivity contribution is 5.80. The largest absolute Gasteiger partial charge is 0.493 e. The predicted molar refractivity (Wildman–Crippen MR) is 104 cm³/mol. The fourth-order valence-electron chi connectivity index (χ4n) is 3.25. The number of hydrogen-bond donors (Lipinski definition) is 1. The third-order valence-electron chi connectivity index (χ3n) is 4.82. The molecule has 1 aromatic carbocycles. The van der Waals surface area contributed by atoms with E-state index in [1.807, 2.05) is 6.07 Å². The number of benzene rings is 1. The summed E-state index contributed by atoms with van der Waals surface area (Å²) in [5, 5.41) is 7.48. The summed E-state index contributed by atoms with van der Waals surface area (Å²) in [6.45, 7) is 6.41. The molecule has 146 valence electrons. The van der Waals surface area contributed by atoms with Gasteiger partial charge < -0.3 is 24.2 Å². The first kappa shape index (κ1) is 19.1. The molecule has 1 aromatic heterocycles. The number of nitrogens with one attached hydrogen (secondary N) is 1. The van der Waals surface area contributed by atoms with E-state index in [9.17, 15) is 0 Å². The van der Waals surface area contributed by atoms with Crippen LogP contribution in [0.3, 0.4) is 0 Å². The maximum absolute atomic E-state index is 5.44. The summed E-state index contributed by atoms with van der Waals surface area (Å²) >= 11 is 0. The lowest BCUT2D eigenvalue weighted by Gasteiger charge is -2.32. The van der Waals surface area contributed by atoms with Gasteiger partial charge in [-0.25, -0.2) is 0 Å². The lowest BCUT2D eigenvalue weighted by Crippen LogP contribution is -2.43. The second-order valence-electron chi connectivity index (χ2n) is 6.92. The minimum absolute atomic E-state index is 0.354. The summed E-state index contributed by atoms with van der Waals surface area (Å²) < 4.78 is 16.3. The molecule has 1 aliphatic heterocycles. The predicted octanol–water partition coefficient (Wildman–Crippen LogP) is 2.95. The summed E-state index contributed by atoms with van der Waals surface area (Å²) in [6, 6.07) is 6.12. The third kappa shape index (κ3) is 4.18. The van der Waals surface area contributed by atoms with Crippen molar-refractivity contribution in [3.8, 4) is 11.5 Å². The molecule has 27 heavy (non-hydrogen) atoms. The van der Waals surface area contributed by atoms with E-state index in [2.05, 4.69) is 46.3 Å². The minimum Gasteiger partial charge on any atom is -0.493 e. The zero-order valence-corrected chi connectivity index (χ0v) is 16.7. The van der Waals surface area contributed by atoms with Gasteiger partial charge in [0, 0.05) is 26.2 Å². The van der Waals surface area contributed by atoms with Crippen molar-refractivity contribution in [1.82, 2.24) is 15.4 Å². The smallest absolute Gasteiger partial charge is 0.194 e. The number of aliphatic imine (C=N–C) groups is 1. The molecular formula is C20H28N4O3. The zero-order valence-electron chi connectivity index (χ0n) is 16.7. The van der Waals surface area contributed by atoms with Gasteiger partial charge in [0.2, 0.25) is 0 Å². The number of aromatic nitrogens is 1. The first-order chi connectivity index (χ1) is 13.0. The molecule has 0 aliphatic carbocycles. The Morgan fingerprint density at radius 3 is 2.52 bits per heavy atom. The molecule has 1 aliphatic rings. The summed E-state index contributed by atoms with van der Waals surface area (Å²) in [5.74, 6) is 3.54. The Morgan fingerprint density at radius 2 is 1.93 bits per heavy atom. The Kier molecular flexibility index (Phi) is 5.88. The van der Waals surface area contributed by atoms with Crippen molar-refractivity contribution in [3.05, 3.63) is 40.8 Å². The minimum atomic E-state index is 0.354. The van der Waals surface area contributed by atoms with Crippen LogP contribution in [0.2, 0.25) is 0 Å². The highest BCUT2D eigenvalue weighted by Gasteiger charge is 2.22. The van der Waals surface area contributed by atoms with Gasteiger partial charge in [-0.15, -0.1) is 0 Å². The summed E-state index contributed by atoms with van der Waals surface area (Å²) in [4.78, 5) is 6.66. The normalized spacial score (nSPS) is 14.3. The second kappa shape index (κ2) is 8.33. The number of methoxy groups -OCH3 is 2. The van der Waals surface area contributed by atoms with E-state index in [1.54, 1.807) is 21.3 Å². The van der Waals surface area contributed by atoms with Crippen LogP contribution in [0.4, 0.5) is 0 Å². The van der Waals surface area contributed by atoms with Crippen molar-refractivity contribution in [2.45, 2.75) is 39.3 Å². The Labute approximate surface area is 160 Å². The van der Waals surface area contributed by atoms with Crippen molar-refractivity contribution >= 4 is 5.96 Å². The molecule has 0 fully saturated rings. The van der Waals surface area contributed by atoms with E-state index < -0.39 is 0 Å². The SMILES string of the molecule is CN=C(NCc1cc(C(C)C)no1)N1CCc2cc(OC)c(OC)cc2C1. The summed E-state index contributed by atoms with van der Waals surface area (Å²) in [5.41, 5.74) is 3.48. The summed E-state index contributed by atoms with van der Waals surface area (Å²) in [7, 11) is 5.12. The molecule has 0 radical (unpaired) electrons. The lowest BCUT2D eigenvalue weighted by atomic mass is 9.99. The van der Waals surface area contributed by atoms with Crippen LogP contribution in [0.15, 0.2) is 27.7 Å². The van der Waals surface area contributed by atoms with Gasteiger partial charge in [-0.2, -0.15) is 0 Å². The molecule has 7 nitrogen and oxygen atoms in total. The van der Waals surface area contributed by atoms with E-state index in [1.165, 1.54) is 11.1 Å². The van der Waals surface area contributed by atoms with Crippen molar-refractivity contribution in [1.29, 1.82) is 0 Å². The van der Waals surface area contributed by atoms with Crippen LogP contribution in [-0.2, 0) is 19.5 Å². The number of rotatable bonds is 5. The third-order valence-corrected chi connectivity index (χ3v) is 4.82. The van der Waals surface area contributed by atoms with Crippen LogP contribution in [0.25, 0.3) is 0 Å². The first-order valence-corrected chi connectivity index (χ1v) is 9.20. The fraction of sp³-hybridized carbons (Fsp3) is 0.500. The molecule has 0 spiro atoms. The first-order valence-electron chi connectivity index (χ1n) is 9.20. The average molecular weight is 372 g/mol. The summed E-state index contributed by atoms with van der Waals surface area (Å²) in [6.07, 6.45) is 0.927. The number of nitrogens with zero attached hydrogens (tertiary/aromatic N) is 3. The van der Waals surface area contributed by atoms with Crippen molar-refractivity contribution < 1.29 is 14.0 Å². The maximum atomic E-state index is 5.44. The number of fused-ring (bicyclic) bond motifs is 1. The standard InChI is InChI=1S/C20H28N4O3/c1-13(2)17-10-16(27-23-17)11-22-20(21-3)24-7-6-14-8-18(25-4)19(26-5)9-15(14)12-24/h8-10,13H,6-7,11-12H2,1-5H3,(H,21,22). The van der Waals surface area contributed by atoms with Gasteiger partial charge >= 0.3 is 0 Å². The number of hydrogen-bond acceptors (Lipinski definition) is 5. The Morgan fingerprint density at radius 1 is 1.22 bits per heavy atom. The molecule has 0 unspecified atom stereocenters. The van der Waals surface area contributed by atoms with Gasteiger partial charge in [0.25, 0.3) is 0 Å². The second-order valence-corrected chi connectivity index (χ2v) is 6.92. The van der Waals surface area contributed by atoms with Crippen molar-refractivity contribution in [3.63, 3.8) is 0 Å². The van der Waals surface area contributed by atoms with E-state index in [4.69, 9.17) is 14.0 Å².